The van der Waals surface area contributed by atoms with Crippen LogP contribution in [0.3, 0.4) is 0 Å². The van der Waals surface area contributed by atoms with Gasteiger partial charge in [-0.1, -0.05) is 13.0 Å². The van der Waals surface area contributed by atoms with Crippen molar-refractivity contribution in [1.29, 1.82) is 0 Å². The van der Waals surface area contributed by atoms with Gasteiger partial charge >= 0.3 is 6.18 Å². The molecule has 2 aromatic carbocycles. The van der Waals surface area contributed by atoms with Gasteiger partial charge in [-0.3, -0.25) is 14.4 Å². The van der Waals surface area contributed by atoms with Gasteiger partial charge in [0.15, 0.2) is 12.4 Å². The van der Waals surface area contributed by atoms with Crippen LogP contribution in [0, 0.1) is 0 Å². The van der Waals surface area contributed by atoms with Gasteiger partial charge in [-0.2, -0.15) is 13.2 Å². The van der Waals surface area contributed by atoms with Crippen LogP contribution in [-0.2, 0) is 15.8 Å². The van der Waals surface area contributed by atoms with Crippen molar-refractivity contribution in [3.8, 4) is 5.75 Å². The smallest absolute Gasteiger partial charge is 0.416 e. The van der Waals surface area contributed by atoms with Crippen LogP contribution in [0.25, 0.3) is 0 Å². The molecule has 0 atom stereocenters. The minimum absolute atomic E-state index is 0.0285. The molecular weight excluding hydrogens is 401 g/mol. The summed E-state index contributed by atoms with van der Waals surface area (Å²) in [6, 6.07) is 8.62. The predicted octanol–water partition coefficient (Wildman–Crippen LogP) is 4.66. The van der Waals surface area contributed by atoms with E-state index in [2.05, 4.69) is 10.6 Å². The molecule has 160 valence electrons. The monoisotopic (exact) mass is 422 g/mol. The van der Waals surface area contributed by atoms with E-state index in [1.807, 2.05) is 6.92 Å². The van der Waals surface area contributed by atoms with Crippen molar-refractivity contribution in [3.05, 3.63) is 53.6 Å². The zero-order valence-corrected chi connectivity index (χ0v) is 16.4. The van der Waals surface area contributed by atoms with Crippen molar-refractivity contribution in [1.82, 2.24) is 0 Å². The first-order chi connectivity index (χ1) is 14.1. The molecule has 0 saturated carbocycles. The molecule has 0 spiro atoms. The molecule has 0 heterocycles. The van der Waals surface area contributed by atoms with E-state index in [4.69, 9.17) is 4.74 Å². The van der Waals surface area contributed by atoms with E-state index in [1.165, 1.54) is 37.3 Å². The van der Waals surface area contributed by atoms with Crippen LogP contribution >= 0.6 is 0 Å². The number of Topliss-reactive ketones (excluding diaryl/α,β-unsaturated/α-hetero) is 1. The number of amides is 2. The lowest BCUT2D eigenvalue weighted by atomic mass is 10.1. The number of hydrogen-bond acceptors (Lipinski definition) is 4. The van der Waals surface area contributed by atoms with E-state index < -0.39 is 24.3 Å². The first kappa shape index (κ1) is 22.9. The van der Waals surface area contributed by atoms with Gasteiger partial charge in [0.25, 0.3) is 5.91 Å². The minimum atomic E-state index is -4.53. The van der Waals surface area contributed by atoms with Crippen molar-refractivity contribution < 1.29 is 32.3 Å². The second-order valence-electron chi connectivity index (χ2n) is 6.48. The highest BCUT2D eigenvalue weighted by Crippen LogP contribution is 2.30. The maximum atomic E-state index is 12.8. The minimum Gasteiger partial charge on any atom is -0.483 e. The Balaban J connectivity index is 2.05. The summed E-state index contributed by atoms with van der Waals surface area (Å²) >= 11 is 0. The highest BCUT2D eigenvalue weighted by Gasteiger charge is 2.30. The zero-order chi connectivity index (χ0) is 22.3. The average molecular weight is 422 g/mol. The summed E-state index contributed by atoms with van der Waals surface area (Å²) in [5.74, 6) is -1.10. The summed E-state index contributed by atoms with van der Waals surface area (Å²) in [6.07, 6.45) is -3.52. The Hall–Kier alpha value is -3.36. The number of ketones is 1. The number of nitrogens with one attached hydrogen (secondary N) is 2. The molecule has 0 aliphatic carbocycles. The molecule has 2 aromatic rings. The Kier molecular flexibility index (Phi) is 7.57. The molecule has 0 aromatic heterocycles. The van der Waals surface area contributed by atoms with Crippen molar-refractivity contribution in [3.63, 3.8) is 0 Å². The first-order valence-corrected chi connectivity index (χ1v) is 9.15. The number of halogens is 3. The van der Waals surface area contributed by atoms with Crippen LogP contribution < -0.4 is 15.4 Å². The molecule has 0 aliphatic rings. The summed E-state index contributed by atoms with van der Waals surface area (Å²) < 4.78 is 43.6. The van der Waals surface area contributed by atoms with E-state index in [-0.39, 0.29) is 28.7 Å². The molecule has 0 bridgehead atoms. The first-order valence-electron chi connectivity index (χ1n) is 9.15. The molecule has 0 unspecified atom stereocenters. The lowest BCUT2D eigenvalue weighted by molar-refractivity contribution is -0.137. The van der Waals surface area contributed by atoms with Crippen molar-refractivity contribution in [2.75, 3.05) is 17.2 Å². The van der Waals surface area contributed by atoms with Crippen molar-refractivity contribution in [2.45, 2.75) is 32.9 Å². The summed E-state index contributed by atoms with van der Waals surface area (Å²) in [5.41, 5.74) is -0.337. The van der Waals surface area contributed by atoms with Crippen LogP contribution in [0.4, 0.5) is 24.5 Å². The van der Waals surface area contributed by atoms with Gasteiger partial charge in [0.05, 0.1) is 11.1 Å². The van der Waals surface area contributed by atoms with Gasteiger partial charge < -0.3 is 15.4 Å². The molecule has 6 nitrogen and oxygen atoms in total. The van der Waals surface area contributed by atoms with Gasteiger partial charge in [0, 0.05) is 17.8 Å². The molecule has 2 rings (SSSR count). The average Bonchev–Trinajstić information content (AvgIpc) is 2.66. The molecule has 9 heteroatoms. The molecule has 2 amide bonds. The quantitative estimate of drug-likeness (QED) is 0.606. The van der Waals surface area contributed by atoms with Crippen LogP contribution in [-0.4, -0.2) is 24.2 Å². The Labute approximate surface area is 171 Å². The van der Waals surface area contributed by atoms with Gasteiger partial charge in [0.2, 0.25) is 5.91 Å². The maximum absolute atomic E-state index is 12.8. The third-order valence-corrected chi connectivity index (χ3v) is 3.95. The highest BCUT2D eigenvalue weighted by molar-refractivity contribution is 5.99. The second-order valence-corrected chi connectivity index (χ2v) is 6.48. The number of ether oxygens (including phenoxy) is 1. The summed E-state index contributed by atoms with van der Waals surface area (Å²) in [6.45, 7) is 2.66. The molecule has 2 N–H and O–H groups in total. The Morgan fingerprint density at radius 2 is 1.63 bits per heavy atom. The van der Waals surface area contributed by atoms with E-state index in [9.17, 15) is 27.6 Å². The lowest BCUT2D eigenvalue weighted by Gasteiger charge is -2.13. The predicted molar refractivity (Wildman–Crippen MR) is 106 cm³/mol. The molecule has 0 saturated heterocycles. The van der Waals surface area contributed by atoms with E-state index >= 15 is 0 Å². The molecular formula is C21H21F3N2O4. The van der Waals surface area contributed by atoms with Crippen molar-refractivity contribution in [2.24, 2.45) is 0 Å². The SMILES string of the molecule is CCCC(=O)Nc1ccc(OCC(=O)Nc2cccc(C(F)(F)F)c2)c(C(C)=O)c1. The fourth-order valence-electron chi connectivity index (χ4n) is 2.57. The number of hydrogen-bond donors (Lipinski definition) is 2. The number of carbonyl (C=O) groups is 3. The third-order valence-electron chi connectivity index (χ3n) is 3.95. The van der Waals surface area contributed by atoms with E-state index in [1.54, 1.807) is 0 Å². The van der Waals surface area contributed by atoms with Gasteiger partial charge in [-0.25, -0.2) is 0 Å². The fourth-order valence-corrected chi connectivity index (χ4v) is 2.57. The standard InChI is InChI=1S/C21H21F3N2O4/c1-3-5-19(28)25-16-8-9-18(17(11-16)13(2)27)30-12-20(29)26-15-7-4-6-14(10-15)21(22,23)24/h4,6-11H,3,5,12H2,1-2H3,(H,25,28)(H,26,29). The maximum Gasteiger partial charge on any atom is 0.416 e. The summed E-state index contributed by atoms with van der Waals surface area (Å²) in [7, 11) is 0. The third kappa shape index (κ3) is 6.61. The van der Waals surface area contributed by atoms with Crippen LogP contribution in [0.15, 0.2) is 42.5 Å². The number of anilines is 2. The molecule has 0 aliphatic heterocycles. The summed E-state index contributed by atoms with van der Waals surface area (Å²) in [4.78, 5) is 35.7. The van der Waals surface area contributed by atoms with Crippen molar-refractivity contribution >= 4 is 29.0 Å². The van der Waals surface area contributed by atoms with Gasteiger partial charge in [0.1, 0.15) is 5.75 Å². The van der Waals surface area contributed by atoms with Gasteiger partial charge in [-0.15, -0.1) is 0 Å². The molecule has 0 radical (unpaired) electrons. The molecule has 30 heavy (non-hydrogen) atoms. The number of benzene rings is 2. The highest BCUT2D eigenvalue weighted by atomic mass is 19.4. The van der Waals surface area contributed by atoms with Crippen LogP contribution in [0.5, 0.6) is 5.75 Å². The Bertz CT molecular complexity index is 942. The Morgan fingerprint density at radius 3 is 2.27 bits per heavy atom. The fraction of sp³-hybridized carbons (Fsp3) is 0.286. The largest absolute Gasteiger partial charge is 0.483 e. The molecule has 0 fully saturated rings. The topological polar surface area (TPSA) is 84.5 Å². The normalized spacial score (nSPS) is 11.0. The van der Waals surface area contributed by atoms with Crippen LogP contribution in [0.1, 0.15) is 42.6 Å². The number of alkyl halides is 3. The van der Waals surface area contributed by atoms with Crippen LogP contribution in [0.2, 0.25) is 0 Å². The Morgan fingerprint density at radius 1 is 0.967 bits per heavy atom. The summed E-state index contributed by atoms with van der Waals surface area (Å²) in [5, 5.41) is 4.98. The van der Waals surface area contributed by atoms with E-state index in [0.717, 1.165) is 12.1 Å². The van der Waals surface area contributed by atoms with E-state index in [0.29, 0.717) is 18.5 Å². The zero-order valence-electron chi connectivity index (χ0n) is 16.4. The lowest BCUT2D eigenvalue weighted by Crippen LogP contribution is -2.21. The number of rotatable bonds is 8. The second kappa shape index (κ2) is 9.91. The van der Waals surface area contributed by atoms with Gasteiger partial charge in [-0.05, 0) is 49.7 Å². The number of carbonyl (C=O) groups excluding carboxylic acids is 3.